The Morgan fingerprint density at radius 1 is 1.33 bits per heavy atom. The van der Waals surface area contributed by atoms with Crippen LogP contribution in [0.3, 0.4) is 0 Å². The second kappa shape index (κ2) is 5.98. The van der Waals surface area contributed by atoms with Gasteiger partial charge in [-0.1, -0.05) is 12.1 Å². The largest absolute Gasteiger partial charge is 0.486 e. The fourth-order valence-corrected chi connectivity index (χ4v) is 2.72. The summed E-state index contributed by atoms with van der Waals surface area (Å²) in [4.78, 5) is 5.80. The first kappa shape index (κ1) is 13.1. The van der Waals surface area contributed by atoms with E-state index >= 15 is 0 Å². The molecule has 0 spiro atoms. The summed E-state index contributed by atoms with van der Waals surface area (Å²) in [5.74, 6) is 0.901. The summed E-state index contributed by atoms with van der Waals surface area (Å²) < 4.78 is 5.75. The maximum atomic E-state index is 5.75. The van der Waals surface area contributed by atoms with Crippen LogP contribution in [0.2, 0.25) is 0 Å². The van der Waals surface area contributed by atoms with Gasteiger partial charge in [-0.25, -0.2) is 4.98 Å². The number of benzene rings is 1. The Morgan fingerprint density at radius 3 is 2.89 bits per heavy atom. The molecule has 1 aromatic carbocycles. The minimum Gasteiger partial charge on any atom is -0.486 e. The van der Waals surface area contributed by atoms with E-state index in [0.29, 0.717) is 6.61 Å². The summed E-state index contributed by atoms with van der Waals surface area (Å²) in [6.07, 6.45) is 0. The number of aromatic nitrogens is 1. The molecule has 1 heterocycles. The zero-order chi connectivity index (χ0) is 13.0. The van der Waals surface area contributed by atoms with Crippen molar-refractivity contribution in [2.45, 2.75) is 27.0 Å². The number of ether oxygens (including phenoxy) is 1. The molecule has 0 aliphatic rings. The Morgan fingerprint density at radius 2 is 2.17 bits per heavy atom. The highest BCUT2D eigenvalue weighted by molar-refractivity contribution is 7.11. The van der Waals surface area contributed by atoms with E-state index in [4.69, 9.17) is 4.74 Å². The molecule has 3 nitrogen and oxygen atoms in total. The predicted molar refractivity (Wildman–Crippen MR) is 75.1 cm³/mol. The number of nitrogens with one attached hydrogen (secondary N) is 1. The number of hydrogen-bond acceptors (Lipinski definition) is 4. The molecule has 96 valence electrons. The molecule has 0 saturated carbocycles. The highest BCUT2D eigenvalue weighted by atomic mass is 32.1. The van der Waals surface area contributed by atoms with E-state index in [9.17, 15) is 0 Å². The van der Waals surface area contributed by atoms with Crippen LogP contribution >= 0.6 is 11.3 Å². The molecule has 0 fully saturated rings. The van der Waals surface area contributed by atoms with Crippen molar-refractivity contribution < 1.29 is 4.74 Å². The minimum atomic E-state index is 0.540. The van der Waals surface area contributed by atoms with Crippen molar-refractivity contribution in [2.24, 2.45) is 0 Å². The molecule has 0 saturated heterocycles. The Kier molecular flexibility index (Phi) is 4.33. The minimum absolute atomic E-state index is 0.540. The molecule has 0 amide bonds. The normalized spacial score (nSPS) is 10.6. The van der Waals surface area contributed by atoms with E-state index in [1.807, 2.05) is 32.2 Å². The lowest BCUT2D eigenvalue weighted by Gasteiger charge is -2.04. The molecule has 2 rings (SSSR count). The fraction of sp³-hybridized carbons (Fsp3) is 0.357. The van der Waals surface area contributed by atoms with Gasteiger partial charge in [0.05, 0.1) is 5.69 Å². The first-order chi connectivity index (χ1) is 8.69. The number of hydrogen-bond donors (Lipinski definition) is 1. The molecule has 0 unspecified atom stereocenters. The van der Waals surface area contributed by atoms with Crippen molar-refractivity contribution in [2.75, 3.05) is 7.05 Å². The predicted octanol–water partition coefficient (Wildman–Crippen LogP) is 3.06. The van der Waals surface area contributed by atoms with Gasteiger partial charge in [0.2, 0.25) is 0 Å². The van der Waals surface area contributed by atoms with Crippen LogP contribution < -0.4 is 10.1 Å². The lowest BCUT2D eigenvalue weighted by molar-refractivity contribution is 0.305. The molecule has 1 aromatic heterocycles. The van der Waals surface area contributed by atoms with Crippen molar-refractivity contribution in [1.29, 1.82) is 0 Å². The van der Waals surface area contributed by atoms with Crippen molar-refractivity contribution in [1.82, 2.24) is 10.3 Å². The summed E-state index contributed by atoms with van der Waals surface area (Å²) >= 11 is 1.71. The van der Waals surface area contributed by atoms with Gasteiger partial charge in [0, 0.05) is 11.4 Å². The van der Waals surface area contributed by atoms with Crippen LogP contribution in [0.25, 0.3) is 0 Å². The van der Waals surface area contributed by atoms with Crippen LogP contribution in [0, 0.1) is 13.8 Å². The summed E-state index contributed by atoms with van der Waals surface area (Å²) in [5, 5.41) is 4.18. The van der Waals surface area contributed by atoms with E-state index in [1.54, 1.807) is 11.3 Å². The average molecular weight is 262 g/mol. The molecule has 18 heavy (non-hydrogen) atoms. The van der Waals surface area contributed by atoms with Gasteiger partial charge in [0.15, 0.2) is 0 Å². The Labute approximate surface area is 112 Å². The number of thiazole rings is 1. The summed E-state index contributed by atoms with van der Waals surface area (Å²) in [7, 11) is 1.95. The smallest absolute Gasteiger partial charge is 0.140 e. The lowest BCUT2D eigenvalue weighted by atomic mass is 10.2. The van der Waals surface area contributed by atoms with Gasteiger partial charge in [-0.3, -0.25) is 0 Å². The lowest BCUT2D eigenvalue weighted by Crippen LogP contribution is -2.04. The molecular weight excluding hydrogens is 244 g/mol. The van der Waals surface area contributed by atoms with Gasteiger partial charge < -0.3 is 10.1 Å². The van der Waals surface area contributed by atoms with Crippen molar-refractivity contribution in [3.05, 3.63) is 45.4 Å². The van der Waals surface area contributed by atoms with Gasteiger partial charge in [-0.2, -0.15) is 0 Å². The highest BCUT2D eigenvalue weighted by Gasteiger charge is 2.07. The van der Waals surface area contributed by atoms with Crippen LogP contribution in [0.5, 0.6) is 5.75 Å². The maximum absolute atomic E-state index is 5.75. The van der Waals surface area contributed by atoms with Crippen LogP contribution in [0.15, 0.2) is 24.3 Å². The van der Waals surface area contributed by atoms with Crippen LogP contribution in [-0.2, 0) is 13.2 Å². The van der Waals surface area contributed by atoms with Gasteiger partial charge >= 0.3 is 0 Å². The molecule has 4 heteroatoms. The summed E-state index contributed by atoms with van der Waals surface area (Å²) in [6.45, 7) is 5.51. The molecule has 0 aliphatic carbocycles. The van der Waals surface area contributed by atoms with E-state index in [1.165, 1.54) is 10.4 Å². The second-order valence-electron chi connectivity index (χ2n) is 4.25. The topological polar surface area (TPSA) is 34.1 Å². The monoisotopic (exact) mass is 262 g/mol. The number of aryl methyl sites for hydroxylation is 2. The third-order valence-electron chi connectivity index (χ3n) is 2.63. The van der Waals surface area contributed by atoms with Gasteiger partial charge in [0.1, 0.15) is 17.4 Å². The molecule has 2 aromatic rings. The van der Waals surface area contributed by atoms with Gasteiger partial charge in [-0.15, -0.1) is 11.3 Å². The van der Waals surface area contributed by atoms with Crippen LogP contribution in [0.4, 0.5) is 0 Å². The van der Waals surface area contributed by atoms with E-state index in [-0.39, 0.29) is 0 Å². The molecule has 0 atom stereocenters. The van der Waals surface area contributed by atoms with E-state index < -0.39 is 0 Å². The Bertz CT molecular complexity index is 522. The average Bonchev–Trinajstić information content (AvgIpc) is 2.69. The SMILES string of the molecule is CNCc1sc(COc2cccc(C)c2)nc1C. The summed E-state index contributed by atoms with van der Waals surface area (Å²) in [5.41, 5.74) is 2.30. The highest BCUT2D eigenvalue weighted by Crippen LogP contribution is 2.20. The molecule has 0 bridgehead atoms. The van der Waals surface area contributed by atoms with Crippen molar-refractivity contribution >= 4 is 11.3 Å². The number of rotatable bonds is 5. The van der Waals surface area contributed by atoms with Gasteiger partial charge in [0.25, 0.3) is 0 Å². The van der Waals surface area contributed by atoms with Gasteiger partial charge in [-0.05, 0) is 38.6 Å². The van der Waals surface area contributed by atoms with Crippen LogP contribution in [0.1, 0.15) is 21.1 Å². The molecule has 1 N–H and O–H groups in total. The molecule has 0 aliphatic heterocycles. The third kappa shape index (κ3) is 3.31. The zero-order valence-corrected chi connectivity index (χ0v) is 11.8. The quantitative estimate of drug-likeness (QED) is 0.899. The summed E-state index contributed by atoms with van der Waals surface area (Å²) in [6, 6.07) is 8.08. The Hall–Kier alpha value is -1.39. The van der Waals surface area contributed by atoms with Crippen molar-refractivity contribution in [3.8, 4) is 5.75 Å². The van der Waals surface area contributed by atoms with Crippen molar-refractivity contribution in [3.63, 3.8) is 0 Å². The van der Waals surface area contributed by atoms with Crippen LogP contribution in [-0.4, -0.2) is 12.0 Å². The third-order valence-corrected chi connectivity index (χ3v) is 3.76. The van der Waals surface area contributed by atoms with E-state index in [2.05, 4.69) is 23.3 Å². The first-order valence-corrected chi connectivity index (χ1v) is 6.80. The molecular formula is C14H18N2OS. The standard InChI is InChI=1S/C14H18N2OS/c1-10-5-4-6-12(7-10)17-9-14-16-11(2)13(18-14)8-15-3/h4-7,15H,8-9H2,1-3H3. The second-order valence-corrected chi connectivity index (χ2v) is 5.42. The zero-order valence-electron chi connectivity index (χ0n) is 11.0. The van der Waals surface area contributed by atoms with E-state index in [0.717, 1.165) is 23.0 Å². The number of nitrogens with zero attached hydrogens (tertiary/aromatic N) is 1. The molecule has 0 radical (unpaired) electrons. The fourth-order valence-electron chi connectivity index (χ4n) is 1.72. The Balaban J connectivity index is 2.00. The first-order valence-electron chi connectivity index (χ1n) is 5.98. The maximum Gasteiger partial charge on any atom is 0.140 e.